The number of hydrogen-bond donors (Lipinski definition) is 0. The van der Waals surface area contributed by atoms with Gasteiger partial charge in [-0.05, 0) is 18.2 Å². The molecule has 14 heavy (non-hydrogen) atoms. The highest BCUT2D eigenvalue weighted by molar-refractivity contribution is 6.35. The van der Waals surface area contributed by atoms with Gasteiger partial charge in [-0.25, -0.2) is 4.39 Å². The summed E-state index contributed by atoms with van der Waals surface area (Å²) in [5.74, 6) is -0.254. The lowest BCUT2D eigenvalue weighted by Gasteiger charge is -1.94. The molecule has 0 atom stereocenters. The highest BCUT2D eigenvalue weighted by Crippen LogP contribution is 2.25. The molecule has 1 aromatic heterocycles. The molecule has 0 aliphatic carbocycles. The number of aryl methyl sites for hydroxylation is 1. The normalized spacial score (nSPS) is 9.79. The Hall–Kier alpha value is -1.02. The van der Waals surface area contributed by atoms with Crippen LogP contribution in [0.3, 0.4) is 0 Å². The van der Waals surface area contributed by atoms with E-state index in [0.717, 1.165) is 10.9 Å². The number of rotatable bonds is 0. The maximum absolute atomic E-state index is 12.8. The molecule has 1 heterocycles. The predicted octanol–water partition coefficient (Wildman–Crippen LogP) is 4.00. The summed E-state index contributed by atoms with van der Waals surface area (Å²) in [5.41, 5.74) is 0.946. The van der Waals surface area contributed by atoms with Crippen LogP contribution in [0.5, 0.6) is 0 Å². The lowest BCUT2D eigenvalue weighted by molar-refractivity contribution is 0.629. The maximum Gasteiger partial charge on any atom is 0.124 e. The third-order valence-corrected chi connectivity index (χ3v) is 2.20. The van der Waals surface area contributed by atoms with Gasteiger partial charge in [0, 0.05) is 24.1 Å². The molecular weight excluding hydrogens is 201 g/mol. The summed E-state index contributed by atoms with van der Waals surface area (Å²) < 4.78 is 14.6. The average Bonchev–Trinajstić information content (AvgIpc) is 2.46. The van der Waals surface area contributed by atoms with Crippen LogP contribution >= 0.6 is 11.6 Å². The van der Waals surface area contributed by atoms with Gasteiger partial charge in [-0.2, -0.15) is 0 Å². The lowest BCUT2D eigenvalue weighted by Crippen LogP contribution is -1.83. The van der Waals surface area contributed by atoms with Crippen LogP contribution in [-0.2, 0) is 7.05 Å². The molecule has 1 nitrogen and oxygen atoms in total. The fourth-order valence-electron chi connectivity index (χ4n) is 1.32. The molecule has 0 aliphatic heterocycles. The van der Waals surface area contributed by atoms with Crippen molar-refractivity contribution in [1.29, 1.82) is 0 Å². The number of halogens is 2. The van der Waals surface area contributed by atoms with Gasteiger partial charge in [0.15, 0.2) is 0 Å². The predicted molar refractivity (Wildman–Crippen MR) is 59.2 cm³/mol. The van der Waals surface area contributed by atoms with Gasteiger partial charge in [0.05, 0.1) is 5.02 Å². The second kappa shape index (κ2) is 4.47. The molecule has 0 spiro atoms. The van der Waals surface area contributed by atoms with E-state index in [1.807, 2.05) is 25.5 Å². The summed E-state index contributed by atoms with van der Waals surface area (Å²) in [6.45, 7) is 4.00. The first-order valence-corrected chi connectivity index (χ1v) is 4.96. The Morgan fingerprint density at radius 3 is 2.57 bits per heavy atom. The Bertz CT molecular complexity index is 434. The van der Waals surface area contributed by atoms with E-state index in [1.54, 1.807) is 12.3 Å². The monoisotopic (exact) mass is 213 g/mol. The molecule has 2 aromatic rings. The number of hydrogen-bond acceptors (Lipinski definition) is 0. The molecule has 0 N–H and O–H groups in total. The van der Waals surface area contributed by atoms with Gasteiger partial charge in [0.2, 0.25) is 0 Å². The molecule has 0 aliphatic rings. The number of aromatic nitrogens is 1. The van der Waals surface area contributed by atoms with E-state index >= 15 is 0 Å². The first-order valence-electron chi connectivity index (χ1n) is 4.58. The minimum atomic E-state index is -0.254. The van der Waals surface area contributed by atoms with Gasteiger partial charge < -0.3 is 4.57 Å². The standard InChI is InChI=1S/C9H7ClFN.C2H6/c1-12-5-8(10)7-4-6(11)2-3-9(7)12;1-2/h2-5H,1H3;1-2H3. The molecule has 0 fully saturated rings. The van der Waals surface area contributed by atoms with E-state index in [9.17, 15) is 4.39 Å². The van der Waals surface area contributed by atoms with Crippen LogP contribution in [0, 0.1) is 5.82 Å². The third kappa shape index (κ3) is 1.90. The summed E-state index contributed by atoms with van der Waals surface area (Å²) in [7, 11) is 1.88. The molecule has 1 aromatic carbocycles. The summed E-state index contributed by atoms with van der Waals surface area (Å²) >= 11 is 5.86. The van der Waals surface area contributed by atoms with Gasteiger partial charge >= 0.3 is 0 Å². The molecule has 0 unspecified atom stereocenters. The highest BCUT2D eigenvalue weighted by Gasteiger charge is 2.04. The fraction of sp³-hybridized carbons (Fsp3) is 0.273. The second-order valence-corrected chi connectivity index (χ2v) is 3.16. The minimum absolute atomic E-state index is 0.254. The van der Waals surface area contributed by atoms with Crippen molar-refractivity contribution in [1.82, 2.24) is 4.57 Å². The number of benzene rings is 1. The van der Waals surface area contributed by atoms with Crippen molar-refractivity contribution in [3.05, 3.63) is 35.2 Å². The molecule has 0 bridgehead atoms. The van der Waals surface area contributed by atoms with Crippen molar-refractivity contribution in [2.45, 2.75) is 13.8 Å². The van der Waals surface area contributed by atoms with E-state index < -0.39 is 0 Å². The van der Waals surface area contributed by atoms with Crippen LogP contribution in [0.25, 0.3) is 10.9 Å². The first kappa shape index (κ1) is 11.1. The molecule has 0 saturated heterocycles. The lowest BCUT2D eigenvalue weighted by atomic mass is 10.2. The third-order valence-electron chi connectivity index (χ3n) is 1.90. The molecule has 76 valence electrons. The summed E-state index contributed by atoms with van der Waals surface area (Å²) in [6, 6.07) is 4.59. The van der Waals surface area contributed by atoms with Crippen LogP contribution in [-0.4, -0.2) is 4.57 Å². The molecular formula is C11H13ClFN. The van der Waals surface area contributed by atoms with Crippen molar-refractivity contribution >= 4 is 22.5 Å². The van der Waals surface area contributed by atoms with Crippen molar-refractivity contribution in [2.75, 3.05) is 0 Å². The highest BCUT2D eigenvalue weighted by atomic mass is 35.5. The van der Waals surface area contributed by atoms with Gasteiger partial charge in [0.25, 0.3) is 0 Å². The Morgan fingerprint density at radius 1 is 1.29 bits per heavy atom. The number of nitrogens with zero attached hydrogens (tertiary/aromatic N) is 1. The van der Waals surface area contributed by atoms with E-state index in [1.165, 1.54) is 12.1 Å². The van der Waals surface area contributed by atoms with Crippen LogP contribution in [0.15, 0.2) is 24.4 Å². The average molecular weight is 214 g/mol. The van der Waals surface area contributed by atoms with Crippen molar-refractivity contribution < 1.29 is 4.39 Å². The van der Waals surface area contributed by atoms with Crippen molar-refractivity contribution in [3.8, 4) is 0 Å². The summed E-state index contributed by atoms with van der Waals surface area (Å²) in [5, 5.41) is 1.35. The summed E-state index contributed by atoms with van der Waals surface area (Å²) in [6.07, 6.45) is 1.77. The minimum Gasteiger partial charge on any atom is -0.349 e. The quantitative estimate of drug-likeness (QED) is 0.624. The van der Waals surface area contributed by atoms with Crippen LogP contribution in [0.1, 0.15) is 13.8 Å². The van der Waals surface area contributed by atoms with Gasteiger partial charge in [0.1, 0.15) is 5.82 Å². The molecule has 2 rings (SSSR count). The maximum atomic E-state index is 12.8. The summed E-state index contributed by atoms with van der Waals surface area (Å²) in [4.78, 5) is 0. The van der Waals surface area contributed by atoms with Crippen molar-refractivity contribution in [2.24, 2.45) is 7.05 Å². The Labute approximate surface area is 88.1 Å². The van der Waals surface area contributed by atoms with Crippen LogP contribution in [0.4, 0.5) is 4.39 Å². The van der Waals surface area contributed by atoms with Gasteiger partial charge in [-0.3, -0.25) is 0 Å². The smallest absolute Gasteiger partial charge is 0.124 e. The Kier molecular flexibility index (Phi) is 3.53. The first-order chi connectivity index (χ1) is 6.68. The van der Waals surface area contributed by atoms with E-state index in [-0.39, 0.29) is 5.82 Å². The largest absolute Gasteiger partial charge is 0.349 e. The topological polar surface area (TPSA) is 4.93 Å². The second-order valence-electron chi connectivity index (χ2n) is 2.75. The fourth-order valence-corrected chi connectivity index (χ4v) is 1.61. The zero-order chi connectivity index (χ0) is 10.7. The SMILES string of the molecule is CC.Cn1cc(Cl)c2cc(F)ccc21. The van der Waals surface area contributed by atoms with E-state index in [2.05, 4.69) is 0 Å². The molecule has 3 heteroatoms. The Morgan fingerprint density at radius 2 is 1.93 bits per heavy atom. The molecule has 0 amide bonds. The van der Waals surface area contributed by atoms with E-state index in [0.29, 0.717) is 5.02 Å². The van der Waals surface area contributed by atoms with Gasteiger partial charge in [-0.1, -0.05) is 25.4 Å². The Balaban J connectivity index is 0.000000461. The number of fused-ring (bicyclic) bond motifs is 1. The van der Waals surface area contributed by atoms with E-state index in [4.69, 9.17) is 11.6 Å². The van der Waals surface area contributed by atoms with Crippen molar-refractivity contribution in [3.63, 3.8) is 0 Å². The molecule has 0 radical (unpaired) electrons. The molecule has 0 saturated carbocycles. The van der Waals surface area contributed by atoms with Gasteiger partial charge in [-0.15, -0.1) is 0 Å². The van der Waals surface area contributed by atoms with Crippen LogP contribution in [0.2, 0.25) is 5.02 Å². The zero-order valence-electron chi connectivity index (χ0n) is 8.51. The zero-order valence-corrected chi connectivity index (χ0v) is 9.27. The van der Waals surface area contributed by atoms with Crippen LogP contribution < -0.4 is 0 Å².